The lowest BCUT2D eigenvalue weighted by molar-refractivity contribution is -0.385. The first-order valence-corrected chi connectivity index (χ1v) is 5.37. The van der Waals surface area contributed by atoms with Crippen molar-refractivity contribution in [3.63, 3.8) is 0 Å². The Morgan fingerprint density at radius 1 is 1.71 bits per heavy atom. The van der Waals surface area contributed by atoms with Crippen LogP contribution < -0.4 is 11.2 Å². The molecule has 0 atom stereocenters. The molecule has 1 rings (SSSR count). The van der Waals surface area contributed by atoms with Crippen LogP contribution >= 0.6 is 28.1 Å². The molecule has 0 aromatic heterocycles. The van der Waals surface area contributed by atoms with Gasteiger partial charge in [0.15, 0.2) is 5.11 Å². The number of aromatic hydroxyl groups is 1. The number of nitrogens with two attached hydrogens (primary N) is 1. The third-order valence-corrected chi connectivity index (χ3v) is 2.36. The summed E-state index contributed by atoms with van der Waals surface area (Å²) in [6.07, 6.45) is 1.17. The molecule has 90 valence electrons. The Kier molecular flexibility index (Phi) is 4.35. The Bertz CT molecular complexity index is 506. The van der Waals surface area contributed by atoms with E-state index in [2.05, 4.69) is 38.7 Å². The summed E-state index contributed by atoms with van der Waals surface area (Å²) in [7, 11) is 0. The number of hydrogen-bond donors (Lipinski definition) is 3. The minimum atomic E-state index is -0.581. The molecular weight excluding hydrogens is 312 g/mol. The molecule has 0 saturated heterocycles. The molecule has 0 aliphatic carbocycles. The summed E-state index contributed by atoms with van der Waals surface area (Å²) >= 11 is 7.51. The fourth-order valence-corrected chi connectivity index (χ4v) is 1.49. The lowest BCUT2D eigenvalue weighted by Gasteiger charge is -2.02. The molecule has 0 aliphatic heterocycles. The fraction of sp³-hybridized carbons (Fsp3) is 0. The van der Waals surface area contributed by atoms with Crippen LogP contribution in [-0.4, -0.2) is 21.4 Å². The highest BCUT2D eigenvalue weighted by atomic mass is 79.9. The minimum absolute atomic E-state index is 0.0507. The molecule has 1 aromatic carbocycles. The predicted molar refractivity (Wildman–Crippen MR) is 70.0 cm³/mol. The van der Waals surface area contributed by atoms with Gasteiger partial charge in [-0.05, 0) is 28.1 Å². The maximum atomic E-state index is 10.6. The number of nitro benzene ring substituents is 1. The molecular formula is C8H7BrN4O3S. The Morgan fingerprint density at radius 2 is 2.35 bits per heavy atom. The van der Waals surface area contributed by atoms with Crippen LogP contribution in [0.3, 0.4) is 0 Å². The van der Waals surface area contributed by atoms with Crippen molar-refractivity contribution in [1.82, 2.24) is 5.43 Å². The predicted octanol–water partition coefficient (Wildman–Crippen LogP) is 1.23. The Labute approximate surface area is 110 Å². The quantitative estimate of drug-likeness (QED) is 0.334. The number of phenolic OH excluding ortho intramolecular Hbond substituents is 1. The molecule has 1 aromatic rings. The van der Waals surface area contributed by atoms with Crippen LogP contribution in [0.2, 0.25) is 0 Å². The van der Waals surface area contributed by atoms with E-state index in [1.807, 2.05) is 0 Å². The summed E-state index contributed by atoms with van der Waals surface area (Å²) in [5.41, 5.74) is 7.39. The second-order valence-corrected chi connectivity index (χ2v) is 4.15. The molecule has 0 spiro atoms. The fourth-order valence-electron chi connectivity index (χ4n) is 0.975. The van der Waals surface area contributed by atoms with Gasteiger partial charge in [0.1, 0.15) is 5.75 Å². The van der Waals surface area contributed by atoms with Gasteiger partial charge < -0.3 is 10.8 Å². The Hall–Kier alpha value is -1.74. The summed E-state index contributed by atoms with van der Waals surface area (Å²) < 4.78 is 0.198. The second kappa shape index (κ2) is 5.55. The second-order valence-electron chi connectivity index (χ2n) is 2.86. The number of nitrogens with one attached hydrogen (secondary N) is 1. The van der Waals surface area contributed by atoms with Crippen LogP contribution in [0.4, 0.5) is 5.69 Å². The highest BCUT2D eigenvalue weighted by Gasteiger charge is 2.13. The SMILES string of the molecule is NC(=S)NN=Cc1cc([N+](=O)[O-])cc(Br)c1O. The lowest BCUT2D eigenvalue weighted by Crippen LogP contribution is -2.24. The maximum absolute atomic E-state index is 10.6. The maximum Gasteiger partial charge on any atom is 0.271 e. The molecule has 0 heterocycles. The average molecular weight is 319 g/mol. The molecule has 17 heavy (non-hydrogen) atoms. The number of phenols is 1. The van der Waals surface area contributed by atoms with Crippen molar-refractivity contribution < 1.29 is 10.0 Å². The molecule has 4 N–H and O–H groups in total. The standard InChI is InChI=1S/C8H7BrN4O3S/c9-6-2-5(13(15)16)1-4(7(6)14)3-11-12-8(10)17/h1-3,14H,(H3,10,12,17). The van der Waals surface area contributed by atoms with E-state index >= 15 is 0 Å². The first kappa shape index (κ1) is 13.3. The Morgan fingerprint density at radius 3 is 2.88 bits per heavy atom. The Balaban J connectivity index is 3.09. The number of hydrogen-bond acceptors (Lipinski definition) is 5. The topological polar surface area (TPSA) is 114 Å². The number of nitrogens with zero attached hydrogens (tertiary/aromatic N) is 2. The van der Waals surface area contributed by atoms with Crippen molar-refractivity contribution in [3.8, 4) is 5.75 Å². The number of thiocarbonyl (C=S) groups is 1. The highest BCUT2D eigenvalue weighted by Crippen LogP contribution is 2.31. The van der Waals surface area contributed by atoms with Gasteiger partial charge in [-0.1, -0.05) is 0 Å². The normalized spacial score (nSPS) is 10.4. The van der Waals surface area contributed by atoms with E-state index in [0.717, 1.165) is 0 Å². The first-order valence-electron chi connectivity index (χ1n) is 4.17. The molecule has 0 aliphatic rings. The van der Waals surface area contributed by atoms with E-state index < -0.39 is 4.92 Å². The molecule has 9 heteroatoms. The summed E-state index contributed by atoms with van der Waals surface area (Å²) in [5.74, 6) is -0.163. The largest absolute Gasteiger partial charge is 0.506 e. The molecule has 0 unspecified atom stereocenters. The van der Waals surface area contributed by atoms with Crippen molar-refractivity contribution in [2.75, 3.05) is 0 Å². The monoisotopic (exact) mass is 318 g/mol. The zero-order valence-electron chi connectivity index (χ0n) is 8.25. The van der Waals surface area contributed by atoms with Gasteiger partial charge in [0, 0.05) is 17.7 Å². The van der Waals surface area contributed by atoms with Gasteiger partial charge in [-0.2, -0.15) is 5.10 Å². The van der Waals surface area contributed by atoms with Crippen molar-refractivity contribution >= 4 is 45.2 Å². The summed E-state index contributed by atoms with van der Waals surface area (Å²) in [5, 5.41) is 23.8. The number of benzene rings is 1. The zero-order chi connectivity index (χ0) is 13.0. The van der Waals surface area contributed by atoms with E-state index in [-0.39, 0.29) is 26.6 Å². The van der Waals surface area contributed by atoms with Crippen LogP contribution in [-0.2, 0) is 0 Å². The third-order valence-electron chi connectivity index (χ3n) is 1.67. The molecule has 0 saturated carbocycles. The van der Waals surface area contributed by atoms with Gasteiger partial charge in [-0.25, -0.2) is 0 Å². The van der Waals surface area contributed by atoms with E-state index in [1.54, 1.807) is 0 Å². The first-order chi connectivity index (χ1) is 7.91. The number of halogens is 1. The third kappa shape index (κ3) is 3.64. The number of non-ortho nitro benzene ring substituents is 1. The smallest absolute Gasteiger partial charge is 0.271 e. The molecule has 0 amide bonds. The van der Waals surface area contributed by atoms with Crippen molar-refractivity contribution in [2.24, 2.45) is 10.8 Å². The number of nitro groups is 1. The van der Waals surface area contributed by atoms with Crippen LogP contribution in [0.1, 0.15) is 5.56 Å². The number of rotatable bonds is 3. The zero-order valence-corrected chi connectivity index (χ0v) is 10.7. The summed E-state index contributed by atoms with van der Waals surface area (Å²) in [6, 6.07) is 2.36. The van der Waals surface area contributed by atoms with Gasteiger partial charge in [-0.3, -0.25) is 15.5 Å². The van der Waals surface area contributed by atoms with Gasteiger partial charge in [0.05, 0.1) is 15.6 Å². The van der Waals surface area contributed by atoms with Crippen LogP contribution in [0.15, 0.2) is 21.7 Å². The van der Waals surface area contributed by atoms with E-state index in [0.29, 0.717) is 0 Å². The highest BCUT2D eigenvalue weighted by molar-refractivity contribution is 9.10. The van der Waals surface area contributed by atoms with E-state index in [9.17, 15) is 15.2 Å². The number of hydrazone groups is 1. The minimum Gasteiger partial charge on any atom is -0.506 e. The molecule has 0 radical (unpaired) electrons. The average Bonchev–Trinajstić information content (AvgIpc) is 2.23. The van der Waals surface area contributed by atoms with Crippen molar-refractivity contribution in [2.45, 2.75) is 0 Å². The molecule has 7 nitrogen and oxygen atoms in total. The molecule has 0 bridgehead atoms. The van der Waals surface area contributed by atoms with Crippen molar-refractivity contribution in [3.05, 3.63) is 32.3 Å². The van der Waals surface area contributed by atoms with Crippen molar-refractivity contribution in [1.29, 1.82) is 0 Å². The van der Waals surface area contributed by atoms with Crippen LogP contribution in [0.25, 0.3) is 0 Å². The van der Waals surface area contributed by atoms with Gasteiger partial charge in [0.2, 0.25) is 0 Å². The van der Waals surface area contributed by atoms with E-state index in [1.165, 1.54) is 18.3 Å². The van der Waals surface area contributed by atoms with Gasteiger partial charge in [0.25, 0.3) is 5.69 Å². The summed E-state index contributed by atoms with van der Waals surface area (Å²) in [4.78, 5) is 10.0. The van der Waals surface area contributed by atoms with Crippen LogP contribution in [0, 0.1) is 10.1 Å². The lowest BCUT2D eigenvalue weighted by atomic mass is 10.2. The summed E-state index contributed by atoms with van der Waals surface area (Å²) in [6.45, 7) is 0. The van der Waals surface area contributed by atoms with E-state index in [4.69, 9.17) is 5.73 Å². The van der Waals surface area contributed by atoms with Crippen LogP contribution in [0.5, 0.6) is 5.75 Å². The molecule has 0 fully saturated rings. The van der Waals surface area contributed by atoms with Gasteiger partial charge >= 0.3 is 0 Å². The van der Waals surface area contributed by atoms with Gasteiger partial charge in [-0.15, -0.1) is 0 Å².